The Labute approximate surface area is 127 Å². The summed E-state index contributed by atoms with van der Waals surface area (Å²) in [7, 11) is 0.915. The molecule has 21 heavy (non-hydrogen) atoms. The van der Waals surface area contributed by atoms with Crippen LogP contribution in [0.5, 0.6) is 0 Å². The Kier molecular flexibility index (Phi) is 5.87. The molecule has 2 aliphatic rings. The van der Waals surface area contributed by atoms with Gasteiger partial charge in [-0.15, -0.1) is 0 Å². The second-order valence-electron chi connectivity index (χ2n) is 6.14. The zero-order valence-electron chi connectivity index (χ0n) is 13.0. The number of guanidine groups is 1. The van der Waals surface area contributed by atoms with E-state index < -0.39 is 9.84 Å². The first kappa shape index (κ1) is 16.5. The summed E-state index contributed by atoms with van der Waals surface area (Å²) >= 11 is 0. The van der Waals surface area contributed by atoms with E-state index in [9.17, 15) is 8.42 Å². The topological polar surface area (TPSA) is 71.0 Å². The number of likely N-dealkylation sites (N-methyl/N-ethyl adjacent to an activating group) is 1. The molecule has 122 valence electrons. The minimum atomic E-state index is -2.80. The van der Waals surface area contributed by atoms with E-state index in [0.29, 0.717) is 24.7 Å². The molecule has 0 spiro atoms. The van der Waals surface area contributed by atoms with Crippen LogP contribution in [0.15, 0.2) is 4.99 Å². The molecule has 1 aliphatic heterocycles. The third kappa shape index (κ3) is 5.82. The highest BCUT2D eigenvalue weighted by Gasteiger charge is 2.28. The van der Waals surface area contributed by atoms with Gasteiger partial charge in [0.1, 0.15) is 0 Å². The number of nitrogens with zero attached hydrogens (tertiary/aromatic N) is 2. The maximum Gasteiger partial charge on any atom is 0.193 e. The molecule has 1 unspecified atom stereocenters. The molecular formula is C14H27N3O3S. The van der Waals surface area contributed by atoms with Crippen molar-refractivity contribution in [1.82, 2.24) is 10.2 Å². The van der Waals surface area contributed by atoms with Gasteiger partial charge >= 0.3 is 0 Å². The lowest BCUT2D eigenvalue weighted by Gasteiger charge is -2.23. The summed E-state index contributed by atoms with van der Waals surface area (Å²) in [4.78, 5) is 6.26. The van der Waals surface area contributed by atoms with Crippen molar-refractivity contribution in [3.05, 3.63) is 0 Å². The van der Waals surface area contributed by atoms with E-state index in [-0.39, 0.29) is 5.92 Å². The van der Waals surface area contributed by atoms with Crippen LogP contribution in [0.25, 0.3) is 0 Å². The van der Waals surface area contributed by atoms with Crippen LogP contribution >= 0.6 is 0 Å². The molecule has 1 atom stereocenters. The molecule has 1 saturated heterocycles. The first-order valence-corrected chi connectivity index (χ1v) is 9.52. The minimum absolute atomic E-state index is 0.200. The van der Waals surface area contributed by atoms with Crippen molar-refractivity contribution in [2.24, 2.45) is 16.8 Å². The van der Waals surface area contributed by atoms with Gasteiger partial charge in [0.25, 0.3) is 0 Å². The number of sulfone groups is 1. The molecule has 1 saturated carbocycles. The molecule has 2 rings (SSSR count). The van der Waals surface area contributed by atoms with Crippen LogP contribution in [0, 0.1) is 11.8 Å². The van der Waals surface area contributed by atoms with E-state index in [1.54, 1.807) is 7.05 Å². The van der Waals surface area contributed by atoms with E-state index in [1.807, 2.05) is 11.9 Å². The average Bonchev–Trinajstić information content (AvgIpc) is 3.19. The smallest absolute Gasteiger partial charge is 0.193 e. The fourth-order valence-electron chi connectivity index (χ4n) is 2.50. The lowest BCUT2D eigenvalue weighted by Crippen LogP contribution is -2.42. The standard InChI is InChI=1S/C14H27N3O3S/c1-15-14(16-9-13-5-8-21(18,19)11-13)17(2)6-7-20-10-12-3-4-12/h12-13H,3-11H2,1-2H3,(H,15,16). The summed E-state index contributed by atoms with van der Waals surface area (Å²) in [5.41, 5.74) is 0. The van der Waals surface area contributed by atoms with Crippen molar-refractivity contribution in [3.63, 3.8) is 0 Å². The maximum absolute atomic E-state index is 11.4. The first-order chi connectivity index (χ1) is 10.00. The number of nitrogens with one attached hydrogen (secondary N) is 1. The summed E-state index contributed by atoms with van der Waals surface area (Å²) < 4.78 is 28.5. The van der Waals surface area contributed by atoms with Crippen molar-refractivity contribution >= 4 is 15.8 Å². The van der Waals surface area contributed by atoms with Gasteiger partial charge in [0.05, 0.1) is 18.1 Å². The molecule has 1 N–H and O–H groups in total. The third-order valence-corrected chi connectivity index (χ3v) is 5.91. The van der Waals surface area contributed by atoms with Crippen molar-refractivity contribution in [2.45, 2.75) is 19.3 Å². The van der Waals surface area contributed by atoms with Gasteiger partial charge in [-0.05, 0) is 31.1 Å². The second kappa shape index (κ2) is 7.45. The normalized spacial score (nSPS) is 25.0. The molecule has 7 heteroatoms. The largest absolute Gasteiger partial charge is 0.379 e. The van der Waals surface area contributed by atoms with Crippen LogP contribution in [-0.2, 0) is 14.6 Å². The number of hydrogen-bond donors (Lipinski definition) is 1. The Balaban J connectivity index is 1.64. The second-order valence-corrected chi connectivity index (χ2v) is 8.37. The molecule has 6 nitrogen and oxygen atoms in total. The summed E-state index contributed by atoms with van der Waals surface area (Å²) in [6.07, 6.45) is 3.37. The van der Waals surface area contributed by atoms with Crippen LogP contribution in [0.4, 0.5) is 0 Å². The van der Waals surface area contributed by atoms with Gasteiger partial charge in [-0.2, -0.15) is 0 Å². The highest BCUT2D eigenvalue weighted by molar-refractivity contribution is 7.91. The van der Waals surface area contributed by atoms with Crippen LogP contribution in [0.2, 0.25) is 0 Å². The van der Waals surface area contributed by atoms with E-state index in [0.717, 1.165) is 31.4 Å². The lowest BCUT2D eigenvalue weighted by molar-refractivity contribution is 0.115. The SMILES string of the molecule is CN=C(NCC1CCS(=O)(=O)C1)N(C)CCOCC1CC1. The predicted octanol–water partition coefficient (Wildman–Crippen LogP) is 0.355. The Morgan fingerprint density at radius 2 is 2.10 bits per heavy atom. The van der Waals surface area contributed by atoms with E-state index >= 15 is 0 Å². The number of ether oxygens (including phenoxy) is 1. The summed E-state index contributed by atoms with van der Waals surface area (Å²) in [5, 5.41) is 3.27. The third-order valence-electron chi connectivity index (χ3n) is 4.07. The van der Waals surface area contributed by atoms with Gasteiger partial charge in [0, 0.05) is 33.8 Å². The van der Waals surface area contributed by atoms with E-state index in [2.05, 4.69) is 10.3 Å². The zero-order valence-corrected chi connectivity index (χ0v) is 13.9. The van der Waals surface area contributed by atoms with Crippen molar-refractivity contribution in [2.75, 3.05) is 51.9 Å². The Morgan fingerprint density at radius 1 is 1.33 bits per heavy atom. The number of aliphatic imine (C=N–C) groups is 1. The quantitative estimate of drug-likeness (QED) is 0.417. The molecule has 1 heterocycles. The van der Waals surface area contributed by atoms with Crippen LogP contribution in [0.1, 0.15) is 19.3 Å². The van der Waals surface area contributed by atoms with E-state index in [1.165, 1.54) is 12.8 Å². The highest BCUT2D eigenvalue weighted by Crippen LogP contribution is 2.28. The summed E-state index contributed by atoms with van der Waals surface area (Å²) in [6, 6.07) is 0. The Morgan fingerprint density at radius 3 is 2.67 bits per heavy atom. The van der Waals surface area contributed by atoms with Crippen LogP contribution in [0.3, 0.4) is 0 Å². The van der Waals surface area contributed by atoms with Gasteiger partial charge in [0.2, 0.25) is 0 Å². The number of rotatable bonds is 7. The predicted molar refractivity (Wildman–Crippen MR) is 84.3 cm³/mol. The lowest BCUT2D eigenvalue weighted by atomic mass is 10.1. The van der Waals surface area contributed by atoms with Gasteiger partial charge in [-0.25, -0.2) is 8.42 Å². The summed E-state index contributed by atoms with van der Waals surface area (Å²) in [6.45, 7) is 3.03. The van der Waals surface area contributed by atoms with Crippen LogP contribution in [-0.4, -0.2) is 71.2 Å². The molecule has 0 radical (unpaired) electrons. The molecule has 1 aliphatic carbocycles. The van der Waals surface area contributed by atoms with Gasteiger partial charge < -0.3 is 15.0 Å². The van der Waals surface area contributed by atoms with Gasteiger partial charge in [-0.3, -0.25) is 4.99 Å². The molecule has 0 aromatic heterocycles. The minimum Gasteiger partial charge on any atom is -0.379 e. The molecule has 0 aromatic carbocycles. The molecule has 0 bridgehead atoms. The Hall–Kier alpha value is -0.820. The first-order valence-electron chi connectivity index (χ1n) is 7.70. The fraction of sp³-hybridized carbons (Fsp3) is 0.929. The maximum atomic E-state index is 11.4. The Bertz CT molecular complexity index is 460. The van der Waals surface area contributed by atoms with Gasteiger partial charge in [-0.1, -0.05) is 0 Å². The zero-order chi connectivity index (χ0) is 15.3. The van der Waals surface area contributed by atoms with Crippen LogP contribution < -0.4 is 5.32 Å². The molecule has 0 amide bonds. The molecule has 2 fully saturated rings. The van der Waals surface area contributed by atoms with Gasteiger partial charge in [0.15, 0.2) is 15.8 Å². The fourth-order valence-corrected chi connectivity index (χ4v) is 4.36. The molecule has 0 aromatic rings. The van der Waals surface area contributed by atoms with Crippen molar-refractivity contribution in [1.29, 1.82) is 0 Å². The highest BCUT2D eigenvalue weighted by atomic mass is 32.2. The average molecular weight is 317 g/mol. The number of hydrogen-bond acceptors (Lipinski definition) is 4. The molecular weight excluding hydrogens is 290 g/mol. The monoisotopic (exact) mass is 317 g/mol. The summed E-state index contributed by atoms with van der Waals surface area (Å²) in [5.74, 6) is 2.41. The van der Waals surface area contributed by atoms with E-state index in [4.69, 9.17) is 4.74 Å². The van der Waals surface area contributed by atoms with Crippen molar-refractivity contribution < 1.29 is 13.2 Å². The van der Waals surface area contributed by atoms with Crippen molar-refractivity contribution in [3.8, 4) is 0 Å².